The molecule has 1 N–H and O–H groups in total. The number of benzene rings is 3. The van der Waals surface area contributed by atoms with Crippen LogP contribution in [-0.2, 0) is 22.5 Å². The Kier molecular flexibility index (Phi) is 9.34. The minimum atomic E-state index is -0.535. The van der Waals surface area contributed by atoms with E-state index in [2.05, 4.69) is 10.3 Å². The van der Waals surface area contributed by atoms with Gasteiger partial charge in [0, 0.05) is 17.3 Å². The molecule has 0 spiro atoms. The Labute approximate surface area is 240 Å². The molecule has 0 radical (unpaired) electrons. The number of nitrogens with one attached hydrogen (secondary N) is 1. The van der Waals surface area contributed by atoms with Gasteiger partial charge in [0.05, 0.1) is 43.5 Å². The number of ether oxygens (including phenoxy) is 3. The largest absolute Gasteiger partial charge is 0.493 e. The van der Waals surface area contributed by atoms with Crippen molar-refractivity contribution in [2.45, 2.75) is 25.0 Å². The lowest BCUT2D eigenvalue weighted by atomic mass is 10.1. The molecule has 4 rings (SSSR count). The zero-order valence-corrected chi connectivity index (χ0v) is 24.0. The molecule has 0 atom stereocenters. The molecule has 0 aliphatic carbocycles. The fraction of sp³-hybridized carbons (Fsp3) is 0.241. The molecule has 0 fully saturated rings. The highest BCUT2D eigenvalue weighted by atomic mass is 35.5. The number of thioether (sulfide) groups is 1. The Hall–Kier alpha value is -4.02. The average Bonchev–Trinajstić information content (AvgIpc) is 2.96. The number of methoxy groups -OCH3 is 3. The molecule has 0 saturated carbocycles. The monoisotopic (exact) mass is 581 g/mol. The molecule has 1 amide bonds. The van der Waals surface area contributed by atoms with E-state index in [4.69, 9.17) is 25.8 Å². The van der Waals surface area contributed by atoms with Gasteiger partial charge >= 0.3 is 5.97 Å². The number of anilines is 1. The third kappa shape index (κ3) is 6.57. The zero-order valence-electron chi connectivity index (χ0n) is 22.4. The van der Waals surface area contributed by atoms with Crippen LogP contribution in [0.2, 0.25) is 5.02 Å². The van der Waals surface area contributed by atoms with Crippen LogP contribution in [0.5, 0.6) is 11.5 Å². The summed E-state index contributed by atoms with van der Waals surface area (Å²) in [5, 5.41) is 4.06. The molecular formula is C29H28ClN3O6S. The number of nitrogens with zero attached hydrogens (tertiary/aromatic N) is 2. The van der Waals surface area contributed by atoms with Crippen LogP contribution in [0.25, 0.3) is 10.9 Å². The lowest BCUT2D eigenvalue weighted by Crippen LogP contribution is -2.25. The lowest BCUT2D eigenvalue weighted by Gasteiger charge is -2.15. The summed E-state index contributed by atoms with van der Waals surface area (Å²) in [5.74, 6) is 0.369. The second kappa shape index (κ2) is 12.9. The molecule has 1 aromatic heterocycles. The number of amides is 1. The van der Waals surface area contributed by atoms with Gasteiger partial charge in [-0.05, 0) is 66.9 Å². The maximum absolute atomic E-state index is 13.6. The number of rotatable bonds is 10. The Morgan fingerprint density at radius 2 is 1.77 bits per heavy atom. The number of hydrogen-bond donors (Lipinski definition) is 1. The molecule has 0 saturated heterocycles. The van der Waals surface area contributed by atoms with Crippen molar-refractivity contribution in [3.05, 3.63) is 86.7 Å². The second-order valence-corrected chi connectivity index (χ2v) is 10.2. The maximum atomic E-state index is 13.6. The van der Waals surface area contributed by atoms with Crippen LogP contribution in [0.3, 0.4) is 0 Å². The second-order valence-electron chi connectivity index (χ2n) is 8.81. The van der Waals surface area contributed by atoms with Crippen LogP contribution in [0.15, 0.2) is 64.5 Å². The van der Waals surface area contributed by atoms with E-state index in [9.17, 15) is 14.4 Å². The zero-order chi connectivity index (χ0) is 28.8. The highest BCUT2D eigenvalue weighted by Gasteiger charge is 2.16. The Morgan fingerprint density at radius 1 is 1.00 bits per heavy atom. The summed E-state index contributed by atoms with van der Waals surface area (Å²) in [7, 11) is 4.41. The third-order valence-corrected chi connectivity index (χ3v) is 7.58. The molecule has 3 aromatic carbocycles. The van der Waals surface area contributed by atoms with E-state index in [1.54, 1.807) is 38.5 Å². The quantitative estimate of drug-likeness (QED) is 0.156. The van der Waals surface area contributed by atoms with Gasteiger partial charge in [-0.25, -0.2) is 9.78 Å². The van der Waals surface area contributed by atoms with E-state index in [1.165, 1.54) is 23.8 Å². The first-order chi connectivity index (χ1) is 19.2. The number of aromatic nitrogens is 2. The Morgan fingerprint density at radius 3 is 2.48 bits per heavy atom. The summed E-state index contributed by atoms with van der Waals surface area (Å²) in [6.07, 6.45) is 0.495. The molecule has 0 aliphatic heterocycles. The van der Waals surface area contributed by atoms with E-state index in [0.717, 1.165) is 22.9 Å². The molecule has 40 heavy (non-hydrogen) atoms. The normalized spacial score (nSPS) is 10.8. The number of halogens is 1. The molecule has 208 valence electrons. The minimum absolute atomic E-state index is 0.00348. The van der Waals surface area contributed by atoms with Crippen LogP contribution in [0.4, 0.5) is 5.69 Å². The first-order valence-electron chi connectivity index (χ1n) is 12.3. The van der Waals surface area contributed by atoms with E-state index in [0.29, 0.717) is 51.2 Å². The van der Waals surface area contributed by atoms with Crippen LogP contribution in [0.1, 0.15) is 21.5 Å². The van der Waals surface area contributed by atoms with Crippen molar-refractivity contribution in [1.29, 1.82) is 0 Å². The van der Waals surface area contributed by atoms with Crippen molar-refractivity contribution in [1.82, 2.24) is 9.55 Å². The minimum Gasteiger partial charge on any atom is -0.493 e. The molecular weight excluding hydrogens is 554 g/mol. The molecule has 0 bridgehead atoms. The highest BCUT2D eigenvalue weighted by Crippen LogP contribution is 2.28. The number of hydrogen-bond acceptors (Lipinski definition) is 8. The van der Waals surface area contributed by atoms with Crippen LogP contribution < -0.4 is 20.3 Å². The van der Waals surface area contributed by atoms with Gasteiger partial charge in [0.25, 0.3) is 5.56 Å². The van der Waals surface area contributed by atoms with Crippen molar-refractivity contribution < 1.29 is 23.8 Å². The summed E-state index contributed by atoms with van der Waals surface area (Å²) >= 11 is 7.30. The smallest absolute Gasteiger partial charge is 0.337 e. The molecule has 1 heterocycles. The van der Waals surface area contributed by atoms with Gasteiger partial charge < -0.3 is 19.5 Å². The topological polar surface area (TPSA) is 109 Å². The summed E-state index contributed by atoms with van der Waals surface area (Å²) in [6.45, 7) is 2.18. The highest BCUT2D eigenvalue weighted by molar-refractivity contribution is 7.99. The first kappa shape index (κ1) is 29.0. The van der Waals surface area contributed by atoms with E-state index in [1.807, 2.05) is 25.1 Å². The first-order valence-corrected chi connectivity index (χ1v) is 13.6. The van der Waals surface area contributed by atoms with Crippen LogP contribution in [-0.4, -0.2) is 48.5 Å². The Bertz CT molecular complexity index is 1640. The van der Waals surface area contributed by atoms with Crippen molar-refractivity contribution in [3.63, 3.8) is 0 Å². The molecule has 9 nitrogen and oxygen atoms in total. The summed E-state index contributed by atoms with van der Waals surface area (Å²) in [4.78, 5) is 43.1. The van der Waals surface area contributed by atoms with Crippen molar-refractivity contribution in [2.75, 3.05) is 32.4 Å². The van der Waals surface area contributed by atoms with E-state index in [-0.39, 0.29) is 22.8 Å². The van der Waals surface area contributed by atoms with Crippen molar-refractivity contribution in [3.8, 4) is 11.5 Å². The standard InChI is InChI=1S/C29H28ClN3O6S/c1-17-5-8-20(15-22(17)30)31-26(34)16-40-29-32-23-14-19(28(36)39-4)7-9-21(23)27(35)33(29)12-11-18-6-10-24(37-2)25(13-18)38-3/h5-10,13-15H,11-12,16H2,1-4H3,(H,31,34). The van der Waals surface area contributed by atoms with Crippen LogP contribution >= 0.6 is 23.4 Å². The molecule has 4 aromatic rings. The maximum Gasteiger partial charge on any atom is 0.337 e. The molecule has 0 aliphatic rings. The van der Waals surface area contributed by atoms with Crippen LogP contribution in [0, 0.1) is 6.92 Å². The molecule has 0 unspecified atom stereocenters. The predicted molar refractivity (Wildman–Crippen MR) is 156 cm³/mol. The van der Waals surface area contributed by atoms with Crippen molar-refractivity contribution >= 4 is 51.8 Å². The molecule has 11 heteroatoms. The van der Waals surface area contributed by atoms with Gasteiger partial charge in [0.2, 0.25) is 5.91 Å². The third-order valence-electron chi connectivity index (χ3n) is 6.20. The van der Waals surface area contributed by atoms with Gasteiger partial charge in [-0.2, -0.15) is 0 Å². The average molecular weight is 582 g/mol. The summed E-state index contributed by atoms with van der Waals surface area (Å²) in [6, 6.07) is 15.4. The van der Waals surface area contributed by atoms with Gasteiger partial charge in [0.15, 0.2) is 16.7 Å². The van der Waals surface area contributed by atoms with E-state index >= 15 is 0 Å². The predicted octanol–water partition coefficient (Wildman–Crippen LogP) is 5.14. The number of carbonyl (C=O) groups excluding carboxylic acids is 2. The fourth-order valence-electron chi connectivity index (χ4n) is 4.03. The SMILES string of the molecule is COC(=O)c1ccc2c(=O)n(CCc3ccc(OC)c(OC)c3)c(SCC(=O)Nc3ccc(C)c(Cl)c3)nc2c1. The van der Waals surface area contributed by atoms with Gasteiger partial charge in [0.1, 0.15) is 0 Å². The number of aryl methyl sites for hydroxylation is 2. The number of carbonyl (C=O) groups is 2. The van der Waals surface area contributed by atoms with Crippen molar-refractivity contribution in [2.24, 2.45) is 0 Å². The van der Waals surface area contributed by atoms with E-state index < -0.39 is 5.97 Å². The number of fused-ring (bicyclic) bond motifs is 1. The number of esters is 1. The lowest BCUT2D eigenvalue weighted by molar-refractivity contribution is -0.113. The summed E-state index contributed by atoms with van der Waals surface area (Å²) < 4.78 is 17.1. The van der Waals surface area contributed by atoms with Gasteiger partial charge in [-0.15, -0.1) is 0 Å². The summed E-state index contributed by atoms with van der Waals surface area (Å²) in [5.41, 5.74) is 2.73. The Balaban J connectivity index is 1.64. The van der Waals surface area contributed by atoms with Gasteiger partial charge in [-0.1, -0.05) is 35.5 Å². The van der Waals surface area contributed by atoms with Gasteiger partial charge in [-0.3, -0.25) is 14.2 Å². The fourth-order valence-corrected chi connectivity index (χ4v) is 5.03.